The number of ether oxygens (including phenoxy) is 2. The summed E-state index contributed by atoms with van der Waals surface area (Å²) in [5, 5.41) is 12.4. The molecule has 2 aromatic carbocycles. The van der Waals surface area contributed by atoms with Crippen molar-refractivity contribution < 1.29 is 29.0 Å². The molecule has 1 spiro atoms. The number of fused-ring (bicyclic) bond motifs is 2. The number of hydrogen-bond acceptors (Lipinski definition) is 6. The fraction of sp³-hybridized carbons (Fsp3) is 0.485. The molecule has 3 aliphatic rings. The minimum Gasteiger partial charge on any atom is -0.465 e. The number of allylic oxidation sites excluding steroid dienone is 1. The molecule has 3 saturated heterocycles. The topological polar surface area (TPSA) is 96.4 Å². The zero-order chi connectivity index (χ0) is 30.0. The number of benzene rings is 2. The lowest BCUT2D eigenvalue weighted by Crippen LogP contribution is -2.59. The van der Waals surface area contributed by atoms with Gasteiger partial charge in [-0.3, -0.25) is 14.4 Å². The Bertz CT molecular complexity index is 1360. The number of aliphatic hydroxyl groups excluding tert-OH is 1. The molecule has 42 heavy (non-hydrogen) atoms. The molecule has 2 aromatic rings. The smallest absolute Gasteiger partial charge is 0.312 e. The van der Waals surface area contributed by atoms with E-state index in [1.807, 2.05) is 55.5 Å². The van der Waals surface area contributed by atoms with Crippen molar-refractivity contribution in [2.24, 2.45) is 11.8 Å². The van der Waals surface area contributed by atoms with Crippen LogP contribution in [0.2, 0.25) is 0 Å². The van der Waals surface area contributed by atoms with Gasteiger partial charge >= 0.3 is 5.97 Å². The first-order valence-corrected chi connectivity index (χ1v) is 15.7. The number of unbranched alkanes of at least 4 members (excludes halogenated alkanes) is 2. The van der Waals surface area contributed by atoms with Gasteiger partial charge in [0.1, 0.15) is 11.6 Å². The van der Waals surface area contributed by atoms with Crippen LogP contribution in [-0.4, -0.2) is 76.2 Å². The lowest BCUT2D eigenvalue weighted by Gasteiger charge is -2.39. The van der Waals surface area contributed by atoms with Crippen LogP contribution in [0.5, 0.6) is 0 Å². The van der Waals surface area contributed by atoms with Crippen LogP contribution < -0.4 is 4.90 Å². The first kappa shape index (κ1) is 30.4. The average molecular weight is 640 g/mol. The zero-order valence-electron chi connectivity index (χ0n) is 24.0. The Balaban J connectivity index is 1.53. The van der Waals surface area contributed by atoms with E-state index in [-0.39, 0.29) is 36.4 Å². The summed E-state index contributed by atoms with van der Waals surface area (Å²) in [6.45, 7) is 9.62. The molecule has 0 radical (unpaired) electrons. The third kappa shape index (κ3) is 5.09. The van der Waals surface area contributed by atoms with Crippen molar-refractivity contribution in [2.75, 3.05) is 24.7 Å². The summed E-state index contributed by atoms with van der Waals surface area (Å²) in [5.74, 6) is -2.88. The van der Waals surface area contributed by atoms with Gasteiger partial charge < -0.3 is 24.4 Å². The van der Waals surface area contributed by atoms with Crippen molar-refractivity contribution >= 4 is 50.2 Å². The largest absolute Gasteiger partial charge is 0.465 e. The number of alkyl halides is 1. The molecule has 1 N–H and O–H groups in total. The maximum atomic E-state index is 14.7. The van der Waals surface area contributed by atoms with Gasteiger partial charge in [-0.05, 0) is 55.0 Å². The molecule has 0 aliphatic carbocycles. The van der Waals surface area contributed by atoms with Gasteiger partial charge in [0, 0.05) is 17.1 Å². The van der Waals surface area contributed by atoms with Crippen LogP contribution in [0, 0.1) is 11.8 Å². The molecule has 3 aliphatic heterocycles. The minimum atomic E-state index is -1.24. The quantitative estimate of drug-likeness (QED) is 0.147. The molecule has 224 valence electrons. The second kappa shape index (κ2) is 12.7. The molecule has 2 bridgehead atoms. The van der Waals surface area contributed by atoms with E-state index in [1.165, 1.54) is 4.90 Å². The van der Waals surface area contributed by atoms with E-state index >= 15 is 0 Å². The van der Waals surface area contributed by atoms with Crippen molar-refractivity contribution in [3.05, 3.63) is 67.8 Å². The van der Waals surface area contributed by atoms with Crippen molar-refractivity contribution in [3.8, 4) is 0 Å². The van der Waals surface area contributed by atoms with Gasteiger partial charge in [0.25, 0.3) is 5.91 Å². The highest BCUT2D eigenvalue weighted by atomic mass is 79.9. The van der Waals surface area contributed by atoms with Gasteiger partial charge in [-0.15, -0.1) is 13.2 Å². The standard InChI is InChI=1S/C33H39BrN2O6/c1-4-7-8-11-17-41-32(40)26-27-30(38)36(23(6-3)20-37)29(33(27)19-25(34)28(26)42-33)31(39)35(16-5-2)24-15-14-21-12-9-10-13-22(21)18-24/h4-5,9-10,12-15,18,23,25-29,37H,1-2,6-8,11,16-17,19-20H2,3H3/t23-,25?,26+,27-,28+,29?,33?/m0/s1. The first-order valence-electron chi connectivity index (χ1n) is 14.8. The van der Waals surface area contributed by atoms with Crippen LogP contribution in [0.1, 0.15) is 39.0 Å². The number of halogens is 1. The molecular formula is C33H39BrN2O6. The fourth-order valence-electron chi connectivity index (χ4n) is 7.03. The monoisotopic (exact) mass is 638 g/mol. The molecule has 8 nitrogen and oxygen atoms in total. The number of likely N-dealkylation sites (tertiary alicyclic amines) is 1. The number of rotatable bonds is 13. The number of anilines is 1. The molecule has 3 heterocycles. The van der Waals surface area contributed by atoms with Crippen LogP contribution in [0.15, 0.2) is 67.8 Å². The fourth-order valence-corrected chi connectivity index (χ4v) is 7.97. The highest BCUT2D eigenvalue weighted by molar-refractivity contribution is 9.09. The number of nitrogens with zero attached hydrogens (tertiary/aromatic N) is 2. The van der Waals surface area contributed by atoms with Crippen molar-refractivity contribution in [3.63, 3.8) is 0 Å². The Morgan fingerprint density at radius 3 is 2.67 bits per heavy atom. The van der Waals surface area contributed by atoms with Crippen LogP contribution >= 0.6 is 15.9 Å². The molecule has 9 heteroatoms. The van der Waals surface area contributed by atoms with E-state index in [0.717, 1.165) is 23.6 Å². The Labute approximate surface area is 255 Å². The molecule has 7 atom stereocenters. The van der Waals surface area contributed by atoms with Crippen molar-refractivity contribution in [1.82, 2.24) is 4.90 Å². The first-order chi connectivity index (χ1) is 20.3. The lowest BCUT2D eigenvalue weighted by atomic mass is 9.70. The summed E-state index contributed by atoms with van der Waals surface area (Å²) in [6, 6.07) is 12.0. The van der Waals surface area contributed by atoms with Crippen molar-refractivity contribution in [1.29, 1.82) is 0 Å². The molecular weight excluding hydrogens is 600 g/mol. The average Bonchev–Trinajstić information content (AvgIpc) is 3.59. The van der Waals surface area contributed by atoms with Crippen LogP contribution in [0.3, 0.4) is 0 Å². The van der Waals surface area contributed by atoms with E-state index in [1.54, 1.807) is 11.0 Å². The summed E-state index contributed by atoms with van der Waals surface area (Å²) in [4.78, 5) is 45.4. The van der Waals surface area contributed by atoms with E-state index in [0.29, 0.717) is 24.9 Å². The lowest BCUT2D eigenvalue weighted by molar-refractivity contribution is -0.155. The minimum absolute atomic E-state index is 0.212. The molecule has 5 rings (SSSR count). The second-order valence-corrected chi connectivity index (χ2v) is 12.6. The molecule has 3 unspecified atom stereocenters. The van der Waals surface area contributed by atoms with Gasteiger partial charge in [0.15, 0.2) is 0 Å². The Hall–Kier alpha value is -3.01. The number of hydrogen-bond donors (Lipinski definition) is 1. The van der Waals surface area contributed by atoms with Gasteiger partial charge in [-0.2, -0.15) is 0 Å². The number of carbonyl (C=O) groups excluding carboxylic acids is 3. The number of amides is 2. The maximum Gasteiger partial charge on any atom is 0.312 e. The second-order valence-electron chi connectivity index (χ2n) is 11.4. The van der Waals surface area contributed by atoms with E-state index in [2.05, 4.69) is 29.1 Å². The van der Waals surface area contributed by atoms with Crippen LogP contribution in [-0.2, 0) is 23.9 Å². The van der Waals surface area contributed by atoms with Crippen LogP contribution in [0.4, 0.5) is 5.69 Å². The molecule has 0 aromatic heterocycles. The number of esters is 1. The highest BCUT2D eigenvalue weighted by Gasteiger charge is 2.77. The summed E-state index contributed by atoms with van der Waals surface area (Å²) in [5.41, 5.74) is -0.570. The van der Waals surface area contributed by atoms with Gasteiger partial charge in [0.05, 0.1) is 37.2 Å². The maximum absolute atomic E-state index is 14.7. The normalized spacial score (nSPS) is 28.5. The van der Waals surface area contributed by atoms with E-state index < -0.39 is 41.6 Å². The Morgan fingerprint density at radius 2 is 1.98 bits per heavy atom. The van der Waals surface area contributed by atoms with E-state index in [4.69, 9.17) is 9.47 Å². The predicted molar refractivity (Wildman–Crippen MR) is 165 cm³/mol. The summed E-state index contributed by atoms with van der Waals surface area (Å²) >= 11 is 3.70. The van der Waals surface area contributed by atoms with Gasteiger partial charge in [-0.1, -0.05) is 65.3 Å². The zero-order valence-corrected chi connectivity index (χ0v) is 25.6. The van der Waals surface area contributed by atoms with Gasteiger partial charge in [0.2, 0.25) is 5.91 Å². The number of carbonyl (C=O) groups is 3. The summed E-state index contributed by atoms with van der Waals surface area (Å²) in [7, 11) is 0. The van der Waals surface area contributed by atoms with Crippen molar-refractivity contribution in [2.45, 2.75) is 67.6 Å². The molecule has 3 fully saturated rings. The predicted octanol–water partition coefficient (Wildman–Crippen LogP) is 4.78. The highest BCUT2D eigenvalue weighted by Crippen LogP contribution is 2.61. The summed E-state index contributed by atoms with van der Waals surface area (Å²) < 4.78 is 12.3. The third-order valence-corrected chi connectivity index (χ3v) is 9.82. The van der Waals surface area contributed by atoms with E-state index in [9.17, 15) is 19.5 Å². The SMILES string of the molecule is C=CCCCCOC(=O)[C@H]1[C@@H]2OC3(CC2Br)C(C(=O)N(CC=C)c2ccc4ccccc4c2)N([C@@H](CC)CO)C(=O)[C@H]13. The number of aliphatic hydroxyl groups is 1. The Kier molecular flexibility index (Phi) is 9.20. The summed E-state index contributed by atoms with van der Waals surface area (Å²) in [6.07, 6.45) is 6.07. The van der Waals surface area contributed by atoms with Crippen LogP contribution in [0.25, 0.3) is 10.8 Å². The van der Waals surface area contributed by atoms with Gasteiger partial charge in [-0.25, -0.2) is 0 Å². The molecule has 2 amide bonds. The Morgan fingerprint density at radius 1 is 1.21 bits per heavy atom. The third-order valence-electron chi connectivity index (χ3n) is 8.98. The molecule has 0 saturated carbocycles.